The molecule has 0 atom stereocenters. The Bertz CT molecular complexity index is 425. The molecule has 0 bridgehead atoms. The maximum atomic E-state index is 11.1. The van der Waals surface area contributed by atoms with Crippen molar-refractivity contribution in [2.45, 2.75) is 18.4 Å². The third-order valence-corrected chi connectivity index (χ3v) is 2.92. The number of hydrogen-bond donors (Lipinski definition) is 2. The Kier molecular flexibility index (Phi) is 4.07. The second-order valence-electron chi connectivity index (χ2n) is 2.73. The van der Waals surface area contributed by atoms with Crippen LogP contribution in [0.5, 0.6) is 0 Å². The fourth-order valence-corrected chi connectivity index (χ4v) is 2.16. The summed E-state index contributed by atoms with van der Waals surface area (Å²) in [6.45, 7) is 1.69. The maximum absolute atomic E-state index is 11.1. The lowest BCUT2D eigenvalue weighted by Crippen LogP contribution is -2.16. The van der Waals surface area contributed by atoms with Gasteiger partial charge in [0.05, 0.1) is 11.4 Å². The molecule has 0 fully saturated rings. The van der Waals surface area contributed by atoms with Gasteiger partial charge in [-0.05, 0) is 6.92 Å². The molecule has 1 heterocycles. The highest BCUT2D eigenvalue weighted by Gasteiger charge is 2.21. The molecule has 0 unspecified atom stereocenters. The molecule has 0 aliphatic carbocycles. The van der Waals surface area contributed by atoms with Crippen molar-refractivity contribution < 1.29 is 8.42 Å². The molecule has 14 heavy (non-hydrogen) atoms. The van der Waals surface area contributed by atoms with Crippen molar-refractivity contribution in [2.75, 3.05) is 0 Å². The number of nitrogens with zero attached hydrogens (tertiary/aromatic N) is 2. The molecule has 0 aliphatic rings. The molecule has 0 saturated carbocycles. The summed E-state index contributed by atoms with van der Waals surface area (Å²) in [6, 6.07) is 0. The first-order chi connectivity index (χ1) is 5.88. The highest BCUT2D eigenvalue weighted by Crippen LogP contribution is 2.16. The van der Waals surface area contributed by atoms with E-state index in [1.54, 1.807) is 14.0 Å². The molecular weight excluding hydrogens is 228 g/mol. The topological polar surface area (TPSA) is 104 Å². The van der Waals surface area contributed by atoms with Crippen LogP contribution in [-0.4, -0.2) is 18.2 Å². The fourth-order valence-electron chi connectivity index (χ4n) is 1.16. The normalized spacial score (nSPS) is 11.1. The van der Waals surface area contributed by atoms with Crippen LogP contribution in [0, 0.1) is 6.92 Å². The van der Waals surface area contributed by atoms with Gasteiger partial charge >= 0.3 is 0 Å². The van der Waals surface area contributed by atoms with E-state index >= 15 is 0 Å². The van der Waals surface area contributed by atoms with Crippen molar-refractivity contribution in [3.63, 3.8) is 0 Å². The second kappa shape index (κ2) is 4.26. The summed E-state index contributed by atoms with van der Waals surface area (Å²) in [5, 5.41) is 8.94. The number of sulfonamides is 1. The van der Waals surface area contributed by atoms with Crippen molar-refractivity contribution in [1.29, 1.82) is 0 Å². The molecule has 0 spiro atoms. The summed E-state index contributed by atoms with van der Waals surface area (Å²) in [6.07, 6.45) is 0. The van der Waals surface area contributed by atoms with Gasteiger partial charge in [0.1, 0.15) is 4.90 Å². The number of primary sulfonamides is 1. The summed E-state index contributed by atoms with van der Waals surface area (Å²) in [7, 11) is -2.08. The SMILES string of the molecule is Cc1c(S(N)(=O)=O)c(CN)nn1C.Cl. The van der Waals surface area contributed by atoms with E-state index in [1.807, 2.05) is 0 Å². The highest BCUT2D eigenvalue weighted by atomic mass is 35.5. The number of aryl methyl sites for hydroxylation is 1. The smallest absolute Gasteiger partial charge is 0.241 e. The van der Waals surface area contributed by atoms with Crippen LogP contribution in [0.1, 0.15) is 11.4 Å². The van der Waals surface area contributed by atoms with Crippen LogP contribution in [0.25, 0.3) is 0 Å². The number of aromatic nitrogens is 2. The van der Waals surface area contributed by atoms with E-state index in [4.69, 9.17) is 10.9 Å². The van der Waals surface area contributed by atoms with Gasteiger partial charge in [0.2, 0.25) is 10.0 Å². The predicted octanol–water partition coefficient (Wildman–Crippen LogP) is -0.744. The van der Waals surface area contributed by atoms with Crippen LogP contribution in [0.4, 0.5) is 0 Å². The van der Waals surface area contributed by atoms with Crippen LogP contribution in [0.3, 0.4) is 0 Å². The Labute approximate surface area is 88.7 Å². The zero-order chi connectivity index (χ0) is 10.2. The van der Waals surface area contributed by atoms with E-state index in [-0.39, 0.29) is 23.8 Å². The number of rotatable bonds is 2. The molecule has 6 nitrogen and oxygen atoms in total. The molecule has 0 aliphatic heterocycles. The van der Waals surface area contributed by atoms with Gasteiger partial charge in [-0.15, -0.1) is 12.4 Å². The van der Waals surface area contributed by atoms with E-state index in [0.29, 0.717) is 11.4 Å². The molecule has 8 heteroatoms. The average Bonchev–Trinajstić information content (AvgIpc) is 2.26. The summed E-state index contributed by atoms with van der Waals surface area (Å²) in [5.41, 5.74) is 6.14. The number of hydrogen-bond acceptors (Lipinski definition) is 4. The standard InChI is InChI=1S/C6H12N4O2S.ClH/c1-4-6(13(8,11)12)5(3-7)9-10(4)2;/h3,7H2,1-2H3,(H2,8,11,12);1H. The molecule has 1 rings (SSSR count). The molecule has 0 radical (unpaired) electrons. The first-order valence-corrected chi connectivity index (χ1v) is 5.18. The zero-order valence-electron chi connectivity index (χ0n) is 7.89. The fraction of sp³-hybridized carbons (Fsp3) is 0.500. The van der Waals surface area contributed by atoms with Gasteiger partial charge in [-0.1, -0.05) is 0 Å². The van der Waals surface area contributed by atoms with Gasteiger partial charge in [0.25, 0.3) is 0 Å². The van der Waals surface area contributed by atoms with Gasteiger partial charge in [0, 0.05) is 13.6 Å². The summed E-state index contributed by atoms with van der Waals surface area (Å²) >= 11 is 0. The summed E-state index contributed by atoms with van der Waals surface area (Å²) < 4.78 is 23.7. The van der Waals surface area contributed by atoms with E-state index in [0.717, 1.165) is 0 Å². The summed E-state index contributed by atoms with van der Waals surface area (Å²) in [4.78, 5) is 0.0394. The van der Waals surface area contributed by atoms with Crippen LogP contribution in [0.15, 0.2) is 4.90 Å². The van der Waals surface area contributed by atoms with Gasteiger partial charge in [0.15, 0.2) is 0 Å². The van der Waals surface area contributed by atoms with Crippen molar-refractivity contribution >= 4 is 22.4 Å². The van der Waals surface area contributed by atoms with Crippen LogP contribution in [-0.2, 0) is 23.6 Å². The molecule has 1 aromatic rings. The van der Waals surface area contributed by atoms with Crippen LogP contribution in [0.2, 0.25) is 0 Å². The van der Waals surface area contributed by atoms with Crippen molar-refractivity contribution in [3.8, 4) is 0 Å². The molecular formula is C6H13ClN4O2S. The molecule has 4 N–H and O–H groups in total. The Balaban J connectivity index is 0.00000169. The quantitative estimate of drug-likeness (QED) is 0.710. The number of nitrogens with two attached hydrogens (primary N) is 2. The number of halogens is 1. The van der Waals surface area contributed by atoms with Crippen molar-refractivity contribution in [1.82, 2.24) is 9.78 Å². The van der Waals surface area contributed by atoms with E-state index < -0.39 is 10.0 Å². The predicted molar refractivity (Wildman–Crippen MR) is 54.5 cm³/mol. The summed E-state index contributed by atoms with van der Waals surface area (Å²) in [5.74, 6) is 0. The largest absolute Gasteiger partial charge is 0.325 e. The molecule has 82 valence electrons. The van der Waals surface area contributed by atoms with Crippen molar-refractivity contribution in [3.05, 3.63) is 11.4 Å². The zero-order valence-corrected chi connectivity index (χ0v) is 9.52. The van der Waals surface area contributed by atoms with E-state index in [1.165, 1.54) is 4.68 Å². The second-order valence-corrected chi connectivity index (χ2v) is 4.23. The molecule has 0 saturated heterocycles. The lowest BCUT2D eigenvalue weighted by Gasteiger charge is -1.97. The minimum absolute atomic E-state index is 0. The third kappa shape index (κ3) is 2.24. The van der Waals surface area contributed by atoms with Gasteiger partial charge in [-0.2, -0.15) is 5.10 Å². The molecule has 0 aromatic carbocycles. The monoisotopic (exact) mass is 240 g/mol. The molecule has 0 amide bonds. The first-order valence-electron chi connectivity index (χ1n) is 3.63. The first kappa shape index (κ1) is 13.4. The minimum Gasteiger partial charge on any atom is -0.325 e. The third-order valence-electron chi connectivity index (χ3n) is 1.82. The highest BCUT2D eigenvalue weighted by molar-refractivity contribution is 7.89. The van der Waals surface area contributed by atoms with E-state index in [2.05, 4.69) is 5.10 Å². The van der Waals surface area contributed by atoms with Crippen LogP contribution >= 0.6 is 12.4 Å². The Morgan fingerprint density at radius 2 is 2.00 bits per heavy atom. The van der Waals surface area contributed by atoms with Crippen LogP contribution < -0.4 is 10.9 Å². The van der Waals surface area contributed by atoms with Gasteiger partial charge in [-0.25, -0.2) is 13.6 Å². The lowest BCUT2D eigenvalue weighted by molar-refractivity contribution is 0.595. The molecule has 1 aromatic heterocycles. The van der Waals surface area contributed by atoms with E-state index in [9.17, 15) is 8.42 Å². The van der Waals surface area contributed by atoms with Crippen molar-refractivity contribution in [2.24, 2.45) is 17.9 Å². The Hall–Kier alpha value is -0.630. The van der Waals surface area contributed by atoms with Gasteiger partial charge in [-0.3, -0.25) is 4.68 Å². The average molecular weight is 241 g/mol. The Morgan fingerprint density at radius 3 is 2.29 bits per heavy atom. The van der Waals surface area contributed by atoms with Gasteiger partial charge < -0.3 is 5.73 Å². The minimum atomic E-state index is -3.72. The lowest BCUT2D eigenvalue weighted by atomic mass is 10.4. The Morgan fingerprint density at radius 1 is 1.50 bits per heavy atom. The maximum Gasteiger partial charge on any atom is 0.241 e.